The van der Waals surface area contributed by atoms with E-state index < -0.39 is 10.0 Å². The van der Waals surface area contributed by atoms with Crippen molar-refractivity contribution in [1.82, 2.24) is 14.1 Å². The Labute approximate surface area is 166 Å². The number of rotatable bonds is 8. The molecule has 1 amide bonds. The van der Waals surface area contributed by atoms with Crippen LogP contribution in [0.25, 0.3) is 0 Å². The predicted octanol–water partition coefficient (Wildman–Crippen LogP) is 2.97. The lowest BCUT2D eigenvalue weighted by Crippen LogP contribution is -2.32. The van der Waals surface area contributed by atoms with Crippen molar-refractivity contribution < 1.29 is 13.2 Å². The van der Waals surface area contributed by atoms with Crippen LogP contribution in [0.15, 0.2) is 29.2 Å². The Morgan fingerprint density at radius 3 is 2.39 bits per heavy atom. The maximum Gasteiger partial charge on any atom is 0.256 e. The van der Waals surface area contributed by atoms with Gasteiger partial charge in [-0.25, -0.2) is 8.42 Å². The molecule has 28 heavy (non-hydrogen) atoms. The molecule has 0 atom stereocenters. The lowest BCUT2D eigenvalue weighted by molar-refractivity contribution is 0.102. The second-order valence-electron chi connectivity index (χ2n) is 7.13. The smallest absolute Gasteiger partial charge is 0.256 e. The van der Waals surface area contributed by atoms with E-state index in [1.165, 1.54) is 16.4 Å². The average molecular weight is 405 g/mol. The Kier molecular flexibility index (Phi) is 6.20. The van der Waals surface area contributed by atoms with Gasteiger partial charge < -0.3 is 5.32 Å². The van der Waals surface area contributed by atoms with Gasteiger partial charge in [0.2, 0.25) is 10.0 Å². The molecule has 1 heterocycles. The first-order valence-electron chi connectivity index (χ1n) is 9.84. The topological polar surface area (TPSA) is 84.3 Å². The molecule has 0 unspecified atom stereocenters. The van der Waals surface area contributed by atoms with Gasteiger partial charge in [0.25, 0.3) is 5.91 Å². The van der Waals surface area contributed by atoms with E-state index >= 15 is 0 Å². The van der Waals surface area contributed by atoms with E-state index in [0.717, 1.165) is 49.2 Å². The van der Waals surface area contributed by atoms with Crippen molar-refractivity contribution in [3.05, 3.63) is 41.1 Å². The summed E-state index contributed by atoms with van der Waals surface area (Å²) in [6.45, 7) is 4.90. The van der Waals surface area contributed by atoms with Crippen LogP contribution in [0.5, 0.6) is 0 Å². The number of nitrogens with zero attached hydrogens (tertiary/aromatic N) is 3. The average Bonchev–Trinajstić information content (AvgIpc) is 3.24. The van der Waals surface area contributed by atoms with Crippen molar-refractivity contribution in [3.8, 4) is 0 Å². The van der Waals surface area contributed by atoms with Crippen LogP contribution in [0, 0.1) is 0 Å². The Bertz CT molecular complexity index is 943. The molecule has 2 aromatic rings. The van der Waals surface area contributed by atoms with Crippen LogP contribution in [0.4, 0.5) is 5.82 Å². The molecule has 1 aromatic carbocycles. The third kappa shape index (κ3) is 3.98. The number of hydrogen-bond acceptors (Lipinski definition) is 4. The minimum absolute atomic E-state index is 0.215. The molecule has 0 saturated heterocycles. The predicted molar refractivity (Wildman–Crippen MR) is 109 cm³/mol. The summed E-state index contributed by atoms with van der Waals surface area (Å²) in [7, 11) is -1.73. The number of carbonyl (C=O) groups is 1. The second-order valence-corrected chi connectivity index (χ2v) is 9.07. The SMILES string of the molecule is CCCN(CCC)S(=O)(=O)c1ccc(C(=O)Nc2c3c(nn2C)CCC3)cc1. The molecule has 1 aliphatic carbocycles. The van der Waals surface area contributed by atoms with E-state index in [9.17, 15) is 13.2 Å². The molecule has 1 N–H and O–H groups in total. The molecule has 8 heteroatoms. The first kappa shape index (κ1) is 20.5. The van der Waals surface area contributed by atoms with Crippen molar-refractivity contribution in [2.24, 2.45) is 7.05 Å². The number of aryl methyl sites for hydroxylation is 2. The van der Waals surface area contributed by atoms with Gasteiger partial charge in [0.05, 0.1) is 10.6 Å². The number of carbonyl (C=O) groups excluding carboxylic acids is 1. The summed E-state index contributed by atoms with van der Waals surface area (Å²) in [6, 6.07) is 6.15. The Hall–Kier alpha value is -2.19. The quantitative estimate of drug-likeness (QED) is 0.733. The largest absolute Gasteiger partial charge is 0.307 e. The van der Waals surface area contributed by atoms with Crippen molar-refractivity contribution in [3.63, 3.8) is 0 Å². The summed E-state index contributed by atoms with van der Waals surface area (Å²) in [5.74, 6) is 0.465. The molecule has 1 aliphatic rings. The number of anilines is 1. The van der Waals surface area contributed by atoms with E-state index in [4.69, 9.17) is 0 Å². The van der Waals surface area contributed by atoms with Crippen LogP contribution in [-0.4, -0.2) is 41.5 Å². The zero-order chi connectivity index (χ0) is 20.3. The van der Waals surface area contributed by atoms with Crippen LogP contribution in [0.3, 0.4) is 0 Å². The number of amides is 1. The first-order valence-corrected chi connectivity index (χ1v) is 11.3. The lowest BCUT2D eigenvalue weighted by atomic mass is 10.2. The number of nitrogens with one attached hydrogen (secondary N) is 1. The summed E-state index contributed by atoms with van der Waals surface area (Å²) >= 11 is 0. The number of fused-ring (bicyclic) bond motifs is 1. The molecule has 0 bridgehead atoms. The number of aromatic nitrogens is 2. The number of sulfonamides is 1. The summed E-state index contributed by atoms with van der Waals surface area (Å²) in [5, 5.41) is 7.39. The van der Waals surface area contributed by atoms with Crippen molar-refractivity contribution in [1.29, 1.82) is 0 Å². The number of benzene rings is 1. The van der Waals surface area contributed by atoms with Crippen LogP contribution < -0.4 is 5.32 Å². The van der Waals surface area contributed by atoms with Gasteiger partial charge in [-0.2, -0.15) is 9.40 Å². The highest BCUT2D eigenvalue weighted by molar-refractivity contribution is 7.89. The summed E-state index contributed by atoms with van der Waals surface area (Å²) in [5.41, 5.74) is 2.57. The molecule has 7 nitrogen and oxygen atoms in total. The molecular weight excluding hydrogens is 376 g/mol. The second kappa shape index (κ2) is 8.45. The van der Waals surface area contributed by atoms with Gasteiger partial charge >= 0.3 is 0 Å². The lowest BCUT2D eigenvalue weighted by Gasteiger charge is -2.21. The van der Waals surface area contributed by atoms with Crippen LogP contribution in [0.2, 0.25) is 0 Å². The Morgan fingerprint density at radius 2 is 1.79 bits per heavy atom. The maximum atomic E-state index is 12.8. The molecule has 0 saturated carbocycles. The van der Waals surface area contributed by atoms with Gasteiger partial charge in [0, 0.05) is 31.3 Å². The molecule has 0 fully saturated rings. The molecule has 0 aliphatic heterocycles. The van der Waals surface area contributed by atoms with E-state index in [1.807, 2.05) is 20.9 Å². The monoisotopic (exact) mass is 404 g/mol. The highest BCUT2D eigenvalue weighted by Gasteiger charge is 2.24. The van der Waals surface area contributed by atoms with E-state index in [1.54, 1.807) is 16.8 Å². The van der Waals surface area contributed by atoms with Crippen molar-refractivity contribution in [2.75, 3.05) is 18.4 Å². The van der Waals surface area contributed by atoms with Crippen molar-refractivity contribution in [2.45, 2.75) is 50.8 Å². The Balaban J connectivity index is 1.78. The fourth-order valence-electron chi connectivity index (χ4n) is 3.63. The zero-order valence-electron chi connectivity index (χ0n) is 16.7. The molecule has 152 valence electrons. The van der Waals surface area contributed by atoms with Crippen LogP contribution in [0.1, 0.15) is 54.7 Å². The zero-order valence-corrected chi connectivity index (χ0v) is 17.6. The molecular formula is C20H28N4O3S. The van der Waals surface area contributed by atoms with E-state index in [0.29, 0.717) is 18.7 Å². The van der Waals surface area contributed by atoms with Crippen LogP contribution >= 0.6 is 0 Å². The molecule has 3 rings (SSSR count). The molecule has 0 spiro atoms. The fourth-order valence-corrected chi connectivity index (χ4v) is 5.26. The van der Waals surface area contributed by atoms with Gasteiger partial charge in [-0.1, -0.05) is 13.8 Å². The highest BCUT2D eigenvalue weighted by Crippen LogP contribution is 2.28. The molecule has 0 radical (unpaired) electrons. The third-order valence-electron chi connectivity index (χ3n) is 5.00. The van der Waals surface area contributed by atoms with Gasteiger partial charge in [0.1, 0.15) is 5.82 Å². The summed E-state index contributed by atoms with van der Waals surface area (Å²) in [4.78, 5) is 12.9. The summed E-state index contributed by atoms with van der Waals surface area (Å²) in [6.07, 6.45) is 4.43. The van der Waals surface area contributed by atoms with Crippen LogP contribution in [-0.2, 0) is 29.9 Å². The van der Waals surface area contributed by atoms with Gasteiger partial charge in [-0.3, -0.25) is 9.48 Å². The van der Waals surface area contributed by atoms with Gasteiger partial charge in [-0.05, 0) is 56.4 Å². The van der Waals surface area contributed by atoms with Gasteiger partial charge in [0.15, 0.2) is 0 Å². The minimum Gasteiger partial charge on any atom is -0.307 e. The van der Waals surface area contributed by atoms with Crippen molar-refractivity contribution >= 4 is 21.7 Å². The minimum atomic E-state index is -3.54. The first-order chi connectivity index (χ1) is 13.4. The third-order valence-corrected chi connectivity index (χ3v) is 6.91. The highest BCUT2D eigenvalue weighted by atomic mass is 32.2. The van der Waals surface area contributed by atoms with E-state index in [2.05, 4.69) is 10.4 Å². The standard InChI is InChI=1S/C20H28N4O3S/c1-4-13-24(14-5-2)28(26,27)16-11-9-15(10-12-16)20(25)21-19-17-7-6-8-18(17)22-23(19)3/h9-12H,4-8,13-14H2,1-3H3,(H,21,25). The molecule has 1 aromatic heterocycles. The maximum absolute atomic E-state index is 12.8. The Morgan fingerprint density at radius 1 is 1.14 bits per heavy atom. The van der Waals surface area contributed by atoms with Gasteiger partial charge in [-0.15, -0.1) is 0 Å². The fraction of sp³-hybridized carbons (Fsp3) is 0.500. The normalized spacial score (nSPS) is 13.7. The summed E-state index contributed by atoms with van der Waals surface area (Å²) < 4.78 is 28.9. The number of hydrogen-bond donors (Lipinski definition) is 1. The van der Waals surface area contributed by atoms with E-state index in [-0.39, 0.29) is 10.8 Å².